The summed E-state index contributed by atoms with van der Waals surface area (Å²) in [4.78, 5) is 58.1. The molecule has 12 nitrogen and oxygen atoms in total. The van der Waals surface area contributed by atoms with Crippen molar-refractivity contribution in [3.63, 3.8) is 0 Å². The van der Waals surface area contributed by atoms with Crippen molar-refractivity contribution < 1.29 is 23.9 Å². The first-order valence-electron chi connectivity index (χ1n) is 11.6. The molecule has 0 saturated carbocycles. The average Bonchev–Trinajstić information content (AvgIpc) is 2.75. The fourth-order valence-electron chi connectivity index (χ4n) is 3.27. The summed E-state index contributed by atoms with van der Waals surface area (Å²) in [6, 6.07) is 0. The lowest BCUT2D eigenvalue weighted by atomic mass is 10.3. The molecule has 0 aromatic carbocycles. The molecule has 0 radical (unpaired) electrons. The van der Waals surface area contributed by atoms with E-state index in [9.17, 15) is 19.2 Å². The third-order valence-electron chi connectivity index (χ3n) is 5.07. The molecule has 0 aromatic rings. The average molecular weight is 488 g/mol. The van der Waals surface area contributed by atoms with Crippen LogP contribution in [-0.2, 0) is 23.9 Å². The molecule has 0 aliphatic carbocycles. The molecule has 0 aliphatic rings. The van der Waals surface area contributed by atoms with Crippen LogP contribution in [0.1, 0.15) is 19.3 Å². The van der Waals surface area contributed by atoms with Crippen LogP contribution in [-0.4, -0.2) is 149 Å². The second-order valence-electron chi connectivity index (χ2n) is 8.78. The normalized spacial score (nSPS) is 11.1. The van der Waals surface area contributed by atoms with Gasteiger partial charge in [0.25, 0.3) is 0 Å². The Hall–Kier alpha value is -2.28. The van der Waals surface area contributed by atoms with E-state index in [1.54, 1.807) is 7.11 Å². The SMILES string of the molecule is COCCCN(CC(=O)N(CCCN(C)C)CC(N)=O)C(=O)CN(CCCN(C)C)C(=O)CN. The number of primary amides is 1. The molecule has 0 saturated heterocycles. The monoisotopic (exact) mass is 487 g/mol. The molecule has 0 bridgehead atoms. The second kappa shape index (κ2) is 18.1. The van der Waals surface area contributed by atoms with Crippen molar-refractivity contribution in [1.82, 2.24) is 24.5 Å². The number of rotatable bonds is 19. The van der Waals surface area contributed by atoms with Crippen LogP contribution in [0.4, 0.5) is 0 Å². The van der Waals surface area contributed by atoms with Crippen molar-refractivity contribution >= 4 is 23.6 Å². The Morgan fingerprint density at radius 2 is 1.06 bits per heavy atom. The molecule has 0 rings (SSSR count). The van der Waals surface area contributed by atoms with Gasteiger partial charge in [-0.25, -0.2) is 0 Å². The number of hydrogen-bond donors (Lipinski definition) is 2. The topological polar surface area (TPSA) is 146 Å². The van der Waals surface area contributed by atoms with Gasteiger partial charge < -0.3 is 40.7 Å². The van der Waals surface area contributed by atoms with E-state index in [0.717, 1.165) is 13.1 Å². The summed E-state index contributed by atoms with van der Waals surface area (Å²) in [5, 5.41) is 0. The van der Waals surface area contributed by atoms with Crippen molar-refractivity contribution in [3.8, 4) is 0 Å². The Balaban J connectivity index is 5.36. The van der Waals surface area contributed by atoms with E-state index in [1.165, 1.54) is 14.7 Å². The number of nitrogens with two attached hydrogens (primary N) is 2. The van der Waals surface area contributed by atoms with E-state index < -0.39 is 5.91 Å². The minimum absolute atomic E-state index is 0.166. The Bertz CT molecular complexity index is 631. The van der Waals surface area contributed by atoms with Gasteiger partial charge in [-0.1, -0.05) is 0 Å². The van der Waals surface area contributed by atoms with Crippen LogP contribution in [0.3, 0.4) is 0 Å². The summed E-state index contributed by atoms with van der Waals surface area (Å²) < 4.78 is 5.08. The Labute approximate surface area is 204 Å². The maximum atomic E-state index is 13.1. The molecule has 0 fully saturated rings. The molecule has 0 aromatic heterocycles. The minimum Gasteiger partial charge on any atom is -0.385 e. The van der Waals surface area contributed by atoms with Gasteiger partial charge in [-0.15, -0.1) is 0 Å². The molecule has 0 atom stereocenters. The highest BCUT2D eigenvalue weighted by Gasteiger charge is 2.25. The van der Waals surface area contributed by atoms with Crippen LogP contribution in [0.5, 0.6) is 0 Å². The lowest BCUT2D eigenvalue weighted by Crippen LogP contribution is -2.50. The lowest BCUT2D eigenvalue weighted by Gasteiger charge is -2.30. The maximum Gasteiger partial charge on any atom is 0.242 e. The van der Waals surface area contributed by atoms with Gasteiger partial charge in [0.05, 0.1) is 26.2 Å². The molecule has 0 aliphatic heterocycles. The smallest absolute Gasteiger partial charge is 0.242 e. The largest absolute Gasteiger partial charge is 0.385 e. The summed E-state index contributed by atoms with van der Waals surface area (Å²) >= 11 is 0. The zero-order valence-corrected chi connectivity index (χ0v) is 21.6. The van der Waals surface area contributed by atoms with Crippen molar-refractivity contribution in [2.75, 3.05) is 101 Å². The van der Waals surface area contributed by atoms with E-state index in [4.69, 9.17) is 16.2 Å². The molecule has 0 heterocycles. The lowest BCUT2D eigenvalue weighted by molar-refractivity contribution is -0.144. The number of ether oxygens (including phenoxy) is 1. The number of carbonyl (C=O) groups excluding carboxylic acids is 4. The molecular weight excluding hydrogens is 442 g/mol. The van der Waals surface area contributed by atoms with Crippen LogP contribution in [0.2, 0.25) is 0 Å². The van der Waals surface area contributed by atoms with E-state index in [-0.39, 0.29) is 50.4 Å². The number of nitrogens with zero attached hydrogens (tertiary/aromatic N) is 5. The van der Waals surface area contributed by atoms with Gasteiger partial charge in [0.2, 0.25) is 23.6 Å². The zero-order valence-electron chi connectivity index (χ0n) is 21.6. The van der Waals surface area contributed by atoms with Crippen LogP contribution < -0.4 is 11.5 Å². The maximum absolute atomic E-state index is 13.1. The molecule has 34 heavy (non-hydrogen) atoms. The van der Waals surface area contributed by atoms with Crippen LogP contribution in [0, 0.1) is 0 Å². The van der Waals surface area contributed by atoms with E-state index in [2.05, 4.69) is 0 Å². The standard InChI is InChI=1S/C22H45N7O5/c1-25(2)9-6-11-27(16-19(24)30)21(32)18-29(13-8-14-34-5)22(33)17-28(20(31)15-23)12-7-10-26(3)4/h6-18,23H2,1-5H3,(H2,24,30). The molecule has 12 heteroatoms. The quantitative estimate of drug-likeness (QED) is 0.196. The Kier molecular flexibility index (Phi) is 16.9. The van der Waals surface area contributed by atoms with Crippen molar-refractivity contribution in [2.24, 2.45) is 11.5 Å². The van der Waals surface area contributed by atoms with Gasteiger partial charge in [-0.2, -0.15) is 0 Å². The summed E-state index contributed by atoms with van der Waals surface area (Å²) in [5.41, 5.74) is 10.9. The van der Waals surface area contributed by atoms with Gasteiger partial charge >= 0.3 is 0 Å². The molecular formula is C22H45N7O5. The van der Waals surface area contributed by atoms with Crippen LogP contribution in [0.15, 0.2) is 0 Å². The number of hydrogen-bond acceptors (Lipinski definition) is 8. The summed E-state index contributed by atoms with van der Waals surface area (Å²) in [5.74, 6) is -1.67. The Morgan fingerprint density at radius 1 is 0.647 bits per heavy atom. The van der Waals surface area contributed by atoms with Gasteiger partial charge in [0.1, 0.15) is 0 Å². The van der Waals surface area contributed by atoms with Crippen molar-refractivity contribution in [2.45, 2.75) is 19.3 Å². The first kappa shape index (κ1) is 31.7. The first-order chi connectivity index (χ1) is 16.0. The molecule has 4 amide bonds. The predicted molar refractivity (Wildman–Crippen MR) is 131 cm³/mol. The van der Waals surface area contributed by atoms with Crippen LogP contribution in [0.25, 0.3) is 0 Å². The second-order valence-corrected chi connectivity index (χ2v) is 8.78. The molecule has 0 unspecified atom stereocenters. The first-order valence-corrected chi connectivity index (χ1v) is 11.6. The van der Waals surface area contributed by atoms with Crippen molar-refractivity contribution in [3.05, 3.63) is 0 Å². The number of carbonyl (C=O) groups is 4. The fraction of sp³-hybridized carbons (Fsp3) is 0.818. The summed E-state index contributed by atoms with van der Waals surface area (Å²) in [6.07, 6.45) is 1.87. The zero-order chi connectivity index (χ0) is 26.1. The molecule has 4 N–H and O–H groups in total. The van der Waals surface area contributed by atoms with Gasteiger partial charge in [0.15, 0.2) is 0 Å². The van der Waals surface area contributed by atoms with Gasteiger partial charge in [0, 0.05) is 33.4 Å². The highest BCUT2D eigenvalue weighted by Crippen LogP contribution is 2.03. The fourth-order valence-corrected chi connectivity index (χ4v) is 3.27. The highest BCUT2D eigenvalue weighted by atomic mass is 16.5. The van der Waals surface area contributed by atoms with Gasteiger partial charge in [-0.05, 0) is 60.5 Å². The molecule has 0 spiro atoms. The van der Waals surface area contributed by atoms with E-state index in [0.29, 0.717) is 39.0 Å². The minimum atomic E-state index is -0.615. The van der Waals surface area contributed by atoms with Crippen LogP contribution >= 0.6 is 0 Å². The molecule has 198 valence electrons. The third-order valence-corrected chi connectivity index (χ3v) is 5.07. The number of methoxy groups -OCH3 is 1. The summed E-state index contributed by atoms with van der Waals surface area (Å²) in [7, 11) is 9.26. The Morgan fingerprint density at radius 3 is 1.44 bits per heavy atom. The van der Waals surface area contributed by atoms with Gasteiger partial charge in [-0.3, -0.25) is 19.2 Å². The number of amides is 4. The van der Waals surface area contributed by atoms with E-state index >= 15 is 0 Å². The van der Waals surface area contributed by atoms with E-state index in [1.807, 2.05) is 38.0 Å². The van der Waals surface area contributed by atoms with Crippen molar-refractivity contribution in [1.29, 1.82) is 0 Å². The highest BCUT2D eigenvalue weighted by molar-refractivity contribution is 5.90. The third kappa shape index (κ3) is 14.8. The predicted octanol–water partition coefficient (Wildman–Crippen LogP) is -2.14. The summed E-state index contributed by atoms with van der Waals surface area (Å²) in [6.45, 7) is 2.14.